The predicted molar refractivity (Wildman–Crippen MR) is 87.7 cm³/mol. The summed E-state index contributed by atoms with van der Waals surface area (Å²) in [6, 6.07) is 9.96. The predicted octanol–water partition coefficient (Wildman–Crippen LogP) is 3.22. The number of nitrogens with zero attached hydrogens (tertiary/aromatic N) is 3. The third kappa shape index (κ3) is 3.71. The summed E-state index contributed by atoms with van der Waals surface area (Å²) in [5.41, 5.74) is 1.44. The van der Waals surface area contributed by atoms with Gasteiger partial charge in [-0.2, -0.15) is 8.78 Å². The van der Waals surface area contributed by atoms with E-state index in [2.05, 4.69) is 19.8 Å². The van der Waals surface area contributed by atoms with E-state index in [1.807, 2.05) is 12.1 Å². The Hall–Kier alpha value is -2.28. The first-order valence-corrected chi connectivity index (χ1v) is 8.45. The molecule has 1 aromatic heterocycles. The Morgan fingerprint density at radius 2 is 1.76 bits per heavy atom. The molecule has 1 atom stereocenters. The molecule has 0 spiro atoms. The first-order valence-electron chi connectivity index (χ1n) is 8.45. The van der Waals surface area contributed by atoms with Gasteiger partial charge in [0.25, 0.3) is 0 Å². The normalized spacial score (nSPS) is 25.2. The molecule has 0 aliphatic carbocycles. The number of fused-ring (bicyclic) bond motifs is 3. The first-order chi connectivity index (χ1) is 12.2. The van der Waals surface area contributed by atoms with Crippen LogP contribution in [0.2, 0.25) is 0 Å². The molecule has 4 heterocycles. The third-order valence-electron chi connectivity index (χ3n) is 4.88. The van der Waals surface area contributed by atoms with Crippen LogP contribution in [0.15, 0.2) is 36.4 Å². The summed E-state index contributed by atoms with van der Waals surface area (Å²) < 4.78 is 34.7. The van der Waals surface area contributed by atoms with Crippen molar-refractivity contribution >= 4 is 0 Å². The zero-order valence-corrected chi connectivity index (χ0v) is 13.6. The zero-order valence-electron chi connectivity index (χ0n) is 13.6. The van der Waals surface area contributed by atoms with Crippen molar-refractivity contribution in [3.8, 4) is 22.9 Å². The van der Waals surface area contributed by atoms with Crippen molar-refractivity contribution in [3.63, 3.8) is 0 Å². The molecule has 5 nitrogen and oxygen atoms in total. The van der Waals surface area contributed by atoms with Gasteiger partial charge in [0.2, 0.25) is 5.88 Å². The molecule has 2 bridgehead atoms. The van der Waals surface area contributed by atoms with E-state index >= 15 is 0 Å². The molecule has 0 N–H and O–H groups in total. The summed E-state index contributed by atoms with van der Waals surface area (Å²) in [5.74, 6) is 1.25. The van der Waals surface area contributed by atoms with Crippen LogP contribution in [0.1, 0.15) is 12.8 Å². The summed E-state index contributed by atoms with van der Waals surface area (Å²) in [4.78, 5) is 2.43. The van der Waals surface area contributed by atoms with E-state index < -0.39 is 6.61 Å². The van der Waals surface area contributed by atoms with Crippen LogP contribution in [-0.2, 0) is 0 Å². The highest BCUT2D eigenvalue weighted by Gasteiger charge is 2.35. The molecule has 7 heteroatoms. The van der Waals surface area contributed by atoms with Crippen LogP contribution < -0.4 is 9.47 Å². The van der Waals surface area contributed by atoms with Gasteiger partial charge >= 0.3 is 6.61 Å². The highest BCUT2D eigenvalue weighted by Crippen LogP contribution is 2.30. The lowest BCUT2D eigenvalue weighted by atomic mass is 9.86. The van der Waals surface area contributed by atoms with E-state index in [1.54, 1.807) is 12.1 Å². The average molecular weight is 347 g/mol. The molecule has 0 radical (unpaired) electrons. The molecule has 1 unspecified atom stereocenters. The first kappa shape index (κ1) is 16.2. The monoisotopic (exact) mass is 347 g/mol. The van der Waals surface area contributed by atoms with E-state index in [9.17, 15) is 8.78 Å². The van der Waals surface area contributed by atoms with Crippen LogP contribution in [0.25, 0.3) is 11.3 Å². The summed E-state index contributed by atoms with van der Waals surface area (Å²) in [5, 5.41) is 8.35. The van der Waals surface area contributed by atoms with Crippen LogP contribution in [-0.4, -0.2) is 47.4 Å². The highest BCUT2D eigenvalue weighted by molar-refractivity contribution is 5.59. The van der Waals surface area contributed by atoms with Gasteiger partial charge in [0, 0.05) is 18.2 Å². The van der Waals surface area contributed by atoms with E-state index in [4.69, 9.17) is 4.74 Å². The lowest BCUT2D eigenvalue weighted by Crippen LogP contribution is -2.52. The largest absolute Gasteiger partial charge is 0.472 e. The molecule has 3 fully saturated rings. The minimum absolute atomic E-state index is 0.119. The van der Waals surface area contributed by atoms with Crippen molar-refractivity contribution in [1.29, 1.82) is 0 Å². The van der Waals surface area contributed by atoms with Crippen molar-refractivity contribution in [2.75, 3.05) is 19.6 Å². The number of ether oxygens (including phenoxy) is 2. The quantitative estimate of drug-likeness (QED) is 0.831. The lowest BCUT2D eigenvalue weighted by Gasteiger charge is -2.44. The summed E-state index contributed by atoms with van der Waals surface area (Å²) >= 11 is 0. The van der Waals surface area contributed by atoms with Crippen LogP contribution in [0.5, 0.6) is 11.6 Å². The fourth-order valence-electron chi connectivity index (χ4n) is 3.54. The summed E-state index contributed by atoms with van der Waals surface area (Å²) in [7, 11) is 0. The molecule has 2 aromatic rings. The maximum Gasteiger partial charge on any atom is 0.387 e. The Kier molecular flexibility index (Phi) is 4.48. The molecular formula is C18H19F2N3O2. The Morgan fingerprint density at radius 1 is 1.00 bits per heavy atom. The Morgan fingerprint density at radius 3 is 2.32 bits per heavy atom. The number of hydrogen-bond acceptors (Lipinski definition) is 5. The van der Waals surface area contributed by atoms with E-state index in [0.717, 1.165) is 12.1 Å². The number of hydrogen-bond donors (Lipinski definition) is 0. The van der Waals surface area contributed by atoms with E-state index in [1.165, 1.54) is 38.1 Å². The van der Waals surface area contributed by atoms with E-state index in [0.29, 0.717) is 17.5 Å². The number of benzene rings is 1. The van der Waals surface area contributed by atoms with Crippen molar-refractivity contribution in [2.45, 2.75) is 25.6 Å². The Balaban J connectivity index is 1.41. The van der Waals surface area contributed by atoms with Crippen LogP contribution in [0, 0.1) is 5.92 Å². The number of rotatable bonds is 5. The van der Waals surface area contributed by atoms with Crippen molar-refractivity contribution in [3.05, 3.63) is 36.4 Å². The van der Waals surface area contributed by atoms with Gasteiger partial charge in [0.15, 0.2) is 0 Å². The standard InChI is InChI=1S/C18H19F2N3O2/c19-18(20)24-14-3-1-12(2-4-14)15-5-6-17(22-21-15)25-16-11-23-9-7-13(16)8-10-23/h1-6,13,16,18H,7-11H2. The molecule has 25 heavy (non-hydrogen) atoms. The van der Waals surface area contributed by atoms with Gasteiger partial charge in [0.05, 0.1) is 5.69 Å². The van der Waals surface area contributed by atoms with Gasteiger partial charge in [0.1, 0.15) is 11.9 Å². The van der Waals surface area contributed by atoms with Crippen molar-refractivity contribution in [2.24, 2.45) is 5.92 Å². The number of alkyl halides is 2. The van der Waals surface area contributed by atoms with Gasteiger partial charge in [-0.05, 0) is 62.2 Å². The van der Waals surface area contributed by atoms with Crippen LogP contribution in [0.3, 0.4) is 0 Å². The van der Waals surface area contributed by atoms with Gasteiger partial charge in [-0.25, -0.2) is 0 Å². The minimum atomic E-state index is -2.83. The summed E-state index contributed by atoms with van der Waals surface area (Å²) in [6.07, 6.45) is 2.56. The maximum atomic E-state index is 12.2. The Bertz CT molecular complexity index is 701. The van der Waals surface area contributed by atoms with Gasteiger partial charge in [-0.15, -0.1) is 10.2 Å². The third-order valence-corrected chi connectivity index (χ3v) is 4.88. The molecule has 3 aliphatic rings. The molecule has 0 saturated carbocycles. The van der Waals surface area contributed by atoms with Crippen LogP contribution >= 0.6 is 0 Å². The second-order valence-electron chi connectivity index (χ2n) is 6.45. The van der Waals surface area contributed by atoms with E-state index in [-0.39, 0.29) is 11.9 Å². The molecule has 0 amide bonds. The Labute approximate surface area is 144 Å². The molecule has 132 valence electrons. The number of aromatic nitrogens is 2. The van der Waals surface area contributed by atoms with Gasteiger partial charge in [-0.1, -0.05) is 0 Å². The van der Waals surface area contributed by atoms with Gasteiger partial charge in [-0.3, -0.25) is 4.90 Å². The zero-order chi connectivity index (χ0) is 17.2. The maximum absolute atomic E-state index is 12.2. The fraction of sp³-hybridized carbons (Fsp3) is 0.444. The minimum Gasteiger partial charge on any atom is -0.472 e. The number of halogens is 2. The molecule has 3 saturated heterocycles. The second-order valence-corrected chi connectivity index (χ2v) is 6.45. The van der Waals surface area contributed by atoms with Gasteiger partial charge < -0.3 is 9.47 Å². The van der Waals surface area contributed by atoms with Crippen molar-refractivity contribution in [1.82, 2.24) is 15.1 Å². The fourth-order valence-corrected chi connectivity index (χ4v) is 3.54. The second kappa shape index (κ2) is 6.92. The molecule has 5 rings (SSSR count). The molecule has 3 aliphatic heterocycles. The molecular weight excluding hydrogens is 328 g/mol. The topological polar surface area (TPSA) is 47.5 Å². The highest BCUT2D eigenvalue weighted by atomic mass is 19.3. The SMILES string of the molecule is FC(F)Oc1ccc(-c2ccc(OC3CN4CCC3CC4)nn2)cc1. The van der Waals surface area contributed by atoms with Crippen molar-refractivity contribution < 1.29 is 18.3 Å². The molecule has 1 aromatic carbocycles. The summed E-state index contributed by atoms with van der Waals surface area (Å²) in [6.45, 7) is 0.467. The smallest absolute Gasteiger partial charge is 0.387 e. The van der Waals surface area contributed by atoms with Crippen LogP contribution in [0.4, 0.5) is 8.78 Å². The number of piperidine rings is 3. The lowest BCUT2D eigenvalue weighted by molar-refractivity contribution is -0.0498. The average Bonchev–Trinajstić information content (AvgIpc) is 2.64.